The molecule has 0 saturated heterocycles. The first-order valence-electron chi connectivity index (χ1n) is 11.7. The van der Waals surface area contributed by atoms with Gasteiger partial charge in [0, 0.05) is 41.9 Å². The molecule has 3 heterocycles. The lowest BCUT2D eigenvalue weighted by molar-refractivity contribution is -0.138. The van der Waals surface area contributed by atoms with Gasteiger partial charge in [-0.15, -0.1) is 11.3 Å². The lowest BCUT2D eigenvalue weighted by Crippen LogP contribution is -2.28. The Bertz CT molecular complexity index is 1300. The van der Waals surface area contributed by atoms with Gasteiger partial charge < -0.3 is 14.5 Å². The van der Waals surface area contributed by atoms with Crippen molar-refractivity contribution in [1.29, 1.82) is 0 Å². The third-order valence-corrected chi connectivity index (χ3v) is 7.95. The number of carbonyl (C=O) groups is 1. The highest BCUT2D eigenvalue weighted by Gasteiger charge is 2.30. The lowest BCUT2D eigenvalue weighted by atomic mass is 10.1. The number of aliphatic carboxylic acids is 1. The van der Waals surface area contributed by atoms with Crippen molar-refractivity contribution < 1.29 is 14.4 Å². The summed E-state index contributed by atoms with van der Waals surface area (Å²) in [7, 11) is 0. The zero-order valence-corrected chi connectivity index (χ0v) is 22.4. The largest absolute Gasteiger partial charge is 0.480 e. The molecule has 3 aromatic heterocycles. The summed E-state index contributed by atoms with van der Waals surface area (Å²) in [5.74, 6) is 0.511. The van der Waals surface area contributed by atoms with Crippen LogP contribution in [0.4, 0.5) is 5.95 Å². The van der Waals surface area contributed by atoms with Crippen molar-refractivity contribution in [1.82, 2.24) is 20.1 Å². The first kappa shape index (κ1) is 25.8. The molecule has 0 saturated carbocycles. The second kappa shape index (κ2) is 11.2. The normalized spacial score (nSPS) is 11.6. The van der Waals surface area contributed by atoms with E-state index in [1.54, 1.807) is 13.8 Å². The molecule has 0 bridgehead atoms. The van der Waals surface area contributed by atoms with Crippen LogP contribution in [0.2, 0.25) is 0 Å². The van der Waals surface area contributed by atoms with E-state index in [4.69, 9.17) is 4.52 Å². The summed E-state index contributed by atoms with van der Waals surface area (Å²) < 4.78 is 5.52. The number of rotatable bonds is 11. The Balaban J connectivity index is 1.56. The van der Waals surface area contributed by atoms with Crippen molar-refractivity contribution >= 4 is 35.0 Å². The van der Waals surface area contributed by atoms with E-state index in [2.05, 4.69) is 31.9 Å². The standard InChI is InChI=1S/C26H29N5O3S2/c1-5-18-13-27-24(28-14-18)31(12-11-20-16-35-25(29-20)36-26(3,4)23(32)33)15-21-17(2)30-34-22(21)19-9-7-6-8-10-19/h6-10,13-14,16H,5,11-12,15H2,1-4H3,(H,32,33). The summed E-state index contributed by atoms with van der Waals surface area (Å²) in [5.41, 5.74) is 4.77. The molecule has 4 aromatic rings. The number of hydrogen-bond acceptors (Lipinski definition) is 9. The van der Waals surface area contributed by atoms with Crippen molar-refractivity contribution in [2.45, 2.75) is 56.2 Å². The SMILES string of the molecule is CCc1cnc(N(CCc2csc(SC(C)(C)C(=O)O)n2)Cc2c(C)noc2-c2ccccc2)nc1. The molecule has 1 aromatic carbocycles. The fourth-order valence-corrected chi connectivity index (χ4v) is 5.71. The Morgan fingerprint density at radius 1 is 1.19 bits per heavy atom. The van der Waals surface area contributed by atoms with E-state index in [0.29, 0.717) is 25.5 Å². The molecule has 8 nitrogen and oxygen atoms in total. The van der Waals surface area contributed by atoms with Crippen LogP contribution in [-0.2, 0) is 24.2 Å². The van der Waals surface area contributed by atoms with Crippen LogP contribution < -0.4 is 4.90 Å². The Labute approximate surface area is 218 Å². The fraction of sp³-hybridized carbons (Fsp3) is 0.346. The zero-order valence-electron chi connectivity index (χ0n) is 20.8. The van der Waals surface area contributed by atoms with E-state index in [1.807, 2.05) is 55.0 Å². The number of benzene rings is 1. The minimum absolute atomic E-state index is 0.531. The topological polar surface area (TPSA) is 105 Å². The maximum Gasteiger partial charge on any atom is 0.319 e. The van der Waals surface area contributed by atoms with Crippen LogP contribution in [-0.4, -0.2) is 42.5 Å². The number of aromatic nitrogens is 4. The van der Waals surface area contributed by atoms with Gasteiger partial charge in [0.05, 0.1) is 17.9 Å². The van der Waals surface area contributed by atoms with E-state index in [0.717, 1.165) is 44.6 Å². The summed E-state index contributed by atoms with van der Waals surface area (Å²) in [6.07, 6.45) is 5.25. The number of nitrogens with zero attached hydrogens (tertiary/aromatic N) is 5. The van der Waals surface area contributed by atoms with E-state index in [-0.39, 0.29) is 0 Å². The van der Waals surface area contributed by atoms with Crippen LogP contribution in [0.1, 0.15) is 43.3 Å². The first-order valence-corrected chi connectivity index (χ1v) is 13.4. The third kappa shape index (κ3) is 6.11. The smallest absolute Gasteiger partial charge is 0.319 e. The van der Waals surface area contributed by atoms with Crippen LogP contribution in [0.5, 0.6) is 0 Å². The van der Waals surface area contributed by atoms with Crippen LogP contribution in [0.3, 0.4) is 0 Å². The minimum Gasteiger partial charge on any atom is -0.480 e. The molecular formula is C26H29N5O3S2. The average Bonchev–Trinajstić information content (AvgIpc) is 3.47. The molecule has 1 N–H and O–H groups in total. The second-order valence-corrected chi connectivity index (χ2v) is 11.6. The Kier molecular flexibility index (Phi) is 8.05. The maximum absolute atomic E-state index is 11.5. The summed E-state index contributed by atoms with van der Waals surface area (Å²) >= 11 is 2.73. The van der Waals surface area contributed by atoms with Gasteiger partial charge in [0.1, 0.15) is 4.75 Å². The van der Waals surface area contributed by atoms with E-state index >= 15 is 0 Å². The molecule has 0 spiro atoms. The monoisotopic (exact) mass is 523 g/mol. The van der Waals surface area contributed by atoms with E-state index < -0.39 is 10.7 Å². The van der Waals surface area contributed by atoms with Crippen molar-refractivity contribution in [2.75, 3.05) is 11.4 Å². The van der Waals surface area contributed by atoms with Crippen LogP contribution in [0.15, 0.2) is 57.0 Å². The quantitative estimate of drug-likeness (QED) is 0.249. The number of aryl methyl sites for hydroxylation is 2. The molecule has 0 fully saturated rings. The summed E-state index contributed by atoms with van der Waals surface area (Å²) in [6.45, 7) is 8.55. The minimum atomic E-state index is -0.935. The molecule has 4 rings (SSSR count). The van der Waals surface area contributed by atoms with Gasteiger partial charge in [0.15, 0.2) is 10.1 Å². The Morgan fingerprint density at radius 3 is 2.58 bits per heavy atom. The number of anilines is 1. The highest BCUT2D eigenvalue weighted by atomic mass is 32.2. The first-order chi connectivity index (χ1) is 17.3. The molecule has 0 unspecified atom stereocenters. The van der Waals surface area contributed by atoms with Gasteiger partial charge in [0.2, 0.25) is 5.95 Å². The predicted octanol–water partition coefficient (Wildman–Crippen LogP) is 5.66. The number of thioether (sulfide) groups is 1. The number of hydrogen-bond donors (Lipinski definition) is 1. The van der Waals surface area contributed by atoms with Gasteiger partial charge >= 0.3 is 5.97 Å². The van der Waals surface area contributed by atoms with Crippen LogP contribution >= 0.6 is 23.1 Å². The molecular weight excluding hydrogens is 494 g/mol. The average molecular weight is 524 g/mol. The lowest BCUT2D eigenvalue weighted by Gasteiger charge is -2.22. The highest BCUT2D eigenvalue weighted by molar-refractivity contribution is 8.03. The van der Waals surface area contributed by atoms with Crippen molar-refractivity contribution in [3.63, 3.8) is 0 Å². The van der Waals surface area contributed by atoms with Gasteiger partial charge in [-0.25, -0.2) is 15.0 Å². The van der Waals surface area contributed by atoms with Crippen molar-refractivity contribution in [3.8, 4) is 11.3 Å². The number of carboxylic acid groups (broad SMARTS) is 1. The third-order valence-electron chi connectivity index (χ3n) is 5.78. The summed E-state index contributed by atoms with van der Waals surface area (Å²) in [6, 6.07) is 9.94. The Hall–Kier alpha value is -3.24. The molecule has 188 valence electrons. The molecule has 10 heteroatoms. The number of thiazole rings is 1. The van der Waals surface area contributed by atoms with Crippen LogP contribution in [0.25, 0.3) is 11.3 Å². The summed E-state index contributed by atoms with van der Waals surface area (Å²) in [5, 5.41) is 15.6. The molecule has 0 aliphatic carbocycles. The highest BCUT2D eigenvalue weighted by Crippen LogP contribution is 2.35. The molecule has 0 amide bonds. The van der Waals surface area contributed by atoms with Crippen molar-refractivity contribution in [3.05, 3.63) is 70.6 Å². The summed E-state index contributed by atoms with van der Waals surface area (Å²) in [4.78, 5) is 27.5. The maximum atomic E-state index is 11.5. The van der Waals surface area contributed by atoms with Gasteiger partial charge in [-0.1, -0.05) is 54.2 Å². The van der Waals surface area contributed by atoms with Gasteiger partial charge in [0.25, 0.3) is 0 Å². The molecule has 0 atom stereocenters. The molecule has 0 aliphatic rings. The van der Waals surface area contributed by atoms with Gasteiger partial charge in [-0.2, -0.15) is 0 Å². The zero-order chi connectivity index (χ0) is 25.7. The molecule has 36 heavy (non-hydrogen) atoms. The van der Waals surface area contributed by atoms with Crippen LogP contribution in [0, 0.1) is 6.92 Å². The van der Waals surface area contributed by atoms with E-state index in [1.165, 1.54) is 23.1 Å². The van der Waals surface area contributed by atoms with Gasteiger partial charge in [-0.3, -0.25) is 4.79 Å². The van der Waals surface area contributed by atoms with E-state index in [9.17, 15) is 9.90 Å². The molecule has 0 aliphatic heterocycles. The van der Waals surface area contributed by atoms with Crippen molar-refractivity contribution in [2.24, 2.45) is 0 Å². The number of carboxylic acids is 1. The second-order valence-electron chi connectivity index (χ2n) is 8.88. The molecule has 0 radical (unpaired) electrons. The Morgan fingerprint density at radius 2 is 1.92 bits per heavy atom. The van der Waals surface area contributed by atoms with Gasteiger partial charge in [-0.05, 0) is 32.8 Å². The fourth-order valence-electron chi connectivity index (χ4n) is 3.49. The predicted molar refractivity (Wildman–Crippen MR) is 143 cm³/mol.